The normalized spacial score (nSPS) is 18.7. The van der Waals surface area contributed by atoms with Crippen LogP contribution in [0, 0.1) is 0 Å². The Labute approximate surface area is 229 Å². The van der Waals surface area contributed by atoms with Gasteiger partial charge in [-0.3, -0.25) is 19.2 Å². The Morgan fingerprint density at radius 2 is 0.529 bits per heavy atom. The summed E-state index contributed by atoms with van der Waals surface area (Å²) in [5.41, 5.74) is 0. The average Bonchev–Trinajstić information content (AvgIpc) is 2.81. The van der Waals surface area contributed by atoms with E-state index in [1.54, 1.807) is 0 Å². The van der Waals surface area contributed by atoms with E-state index in [0.29, 0.717) is 78.5 Å². The zero-order valence-electron chi connectivity index (χ0n) is 18.4. The van der Waals surface area contributed by atoms with Crippen LogP contribution in [0.25, 0.3) is 0 Å². The molecule has 0 bridgehead atoms. The molecule has 0 atom stereocenters. The number of hydrogen-bond donors (Lipinski definition) is 8. The van der Waals surface area contributed by atoms with E-state index in [9.17, 15) is 19.2 Å². The Bertz CT molecular complexity index is 469. The molecule has 202 valence electrons. The van der Waals surface area contributed by atoms with Crippen molar-refractivity contribution in [3.05, 3.63) is 0 Å². The fourth-order valence-corrected chi connectivity index (χ4v) is 2.23. The molecule has 12 nitrogen and oxygen atoms in total. The van der Waals surface area contributed by atoms with Crippen LogP contribution in [-0.2, 0) is 45.4 Å². The molecule has 0 unspecified atom stereocenters. The molecule has 0 aromatic carbocycles. The zero-order chi connectivity index (χ0) is 25.9. The van der Waals surface area contributed by atoms with Crippen molar-refractivity contribution < 1.29 is 45.4 Å². The number of halogens is 4. The molecule has 0 aliphatic carbocycles. The van der Waals surface area contributed by atoms with Crippen molar-refractivity contribution in [1.29, 1.82) is 0 Å². The van der Waals surface area contributed by atoms with E-state index < -0.39 is 23.6 Å². The van der Waals surface area contributed by atoms with Gasteiger partial charge in [0.05, 0.1) is 0 Å². The molecule has 1 aliphatic heterocycles. The molecular formula is C16H32Cl4Mn2N8O4. The van der Waals surface area contributed by atoms with Gasteiger partial charge in [0.15, 0.2) is 0 Å². The van der Waals surface area contributed by atoms with Crippen LogP contribution < -0.4 is 42.5 Å². The number of carbonyl (C=O) groups excluding carboxylic acids is 4. The maximum absolute atomic E-state index is 11.6. The van der Waals surface area contributed by atoms with Crippen molar-refractivity contribution >= 4 is 64.0 Å². The van der Waals surface area contributed by atoms with Gasteiger partial charge in [-0.2, -0.15) is 0 Å². The maximum atomic E-state index is 11.6. The van der Waals surface area contributed by atoms with Crippen LogP contribution in [0.2, 0.25) is 0 Å². The van der Waals surface area contributed by atoms with E-state index in [4.69, 9.17) is 40.4 Å². The topological polar surface area (TPSA) is 165 Å². The van der Waals surface area contributed by atoms with E-state index in [0.717, 1.165) is 0 Å². The first kappa shape index (κ1) is 36.1. The third-order valence-corrected chi connectivity index (χ3v) is 3.72. The molecule has 1 fully saturated rings. The molecule has 8 N–H and O–H groups in total. The Balaban J connectivity index is 0. The van der Waals surface area contributed by atoms with E-state index >= 15 is 0 Å². The van der Waals surface area contributed by atoms with Crippen LogP contribution in [0.5, 0.6) is 0 Å². The quantitative estimate of drug-likeness (QED) is 0.106. The van der Waals surface area contributed by atoms with Crippen LogP contribution in [-0.4, -0.2) is 102 Å². The molecule has 0 aromatic heterocycles. The van der Waals surface area contributed by atoms with Gasteiger partial charge in [0.25, 0.3) is 0 Å². The van der Waals surface area contributed by atoms with Gasteiger partial charge in [0, 0.05) is 78.5 Å². The molecule has 0 spiro atoms. The van der Waals surface area contributed by atoms with Crippen molar-refractivity contribution in [2.45, 2.75) is 0 Å². The van der Waals surface area contributed by atoms with Crippen molar-refractivity contribution in [2.24, 2.45) is 0 Å². The first-order valence-corrected chi connectivity index (χ1v) is 16.6. The van der Waals surface area contributed by atoms with E-state index in [-0.39, 0.29) is 26.3 Å². The molecule has 0 aromatic rings. The standard InChI is InChI=1S/C16H32N8O4.4ClH.2Mn/c25-13-14(26)23-11-7-19-3-4-20-8-12-24-16(28)15(27)22-10-6-18-2-1-17-5-9-21-13;;;;;;/h17-20H,1-12H2,(H,21,25)(H,22,27)(H,23,26)(H,24,28);4*1H;;/q;;;;;2*+2/p-4. The Morgan fingerprint density at radius 3 is 0.706 bits per heavy atom. The minimum atomic E-state index is -0.645. The number of rotatable bonds is 0. The molecule has 0 radical (unpaired) electrons. The zero-order valence-corrected chi connectivity index (χ0v) is 23.8. The summed E-state index contributed by atoms with van der Waals surface area (Å²) >= 11 is 0.0139. The van der Waals surface area contributed by atoms with Gasteiger partial charge in [-0.15, -0.1) is 0 Å². The molecule has 1 rings (SSSR count). The van der Waals surface area contributed by atoms with Crippen LogP contribution in [0.3, 0.4) is 0 Å². The predicted octanol–water partition coefficient (Wildman–Crippen LogP) is -2.42. The summed E-state index contributed by atoms with van der Waals surface area (Å²) in [7, 11) is 19.2. The Hall–Kier alpha value is -0.0810. The van der Waals surface area contributed by atoms with Crippen LogP contribution in [0.1, 0.15) is 0 Å². The molecule has 18 heteroatoms. The first-order valence-electron chi connectivity index (χ1n) is 10.1. The van der Waals surface area contributed by atoms with Crippen LogP contribution in [0.4, 0.5) is 0 Å². The second-order valence-electron chi connectivity index (χ2n) is 6.13. The third kappa shape index (κ3) is 26.5. The van der Waals surface area contributed by atoms with Crippen molar-refractivity contribution in [2.75, 3.05) is 78.5 Å². The van der Waals surface area contributed by atoms with Crippen LogP contribution in [0.15, 0.2) is 0 Å². The minimum absolute atomic E-state index is 0.00694. The Morgan fingerprint density at radius 1 is 0.382 bits per heavy atom. The summed E-state index contributed by atoms with van der Waals surface area (Å²) in [6.45, 7) is 6.18. The summed E-state index contributed by atoms with van der Waals surface area (Å²) in [4.78, 5) is 46.5. The van der Waals surface area contributed by atoms with Crippen LogP contribution >= 0.6 is 40.4 Å². The van der Waals surface area contributed by atoms with Gasteiger partial charge in [0.2, 0.25) is 0 Å². The summed E-state index contributed by atoms with van der Waals surface area (Å²) < 4.78 is 0. The van der Waals surface area contributed by atoms with E-state index in [2.05, 4.69) is 42.5 Å². The molecule has 1 aliphatic rings. The van der Waals surface area contributed by atoms with Crippen molar-refractivity contribution in [1.82, 2.24) is 42.5 Å². The summed E-state index contributed by atoms with van der Waals surface area (Å²) in [5.74, 6) is -2.58. The summed E-state index contributed by atoms with van der Waals surface area (Å²) in [5, 5.41) is 22.6. The predicted molar refractivity (Wildman–Crippen MR) is 127 cm³/mol. The second-order valence-corrected chi connectivity index (χ2v) is 10.0. The van der Waals surface area contributed by atoms with Crippen molar-refractivity contribution in [3.8, 4) is 0 Å². The molecule has 0 saturated carbocycles. The van der Waals surface area contributed by atoms with Gasteiger partial charge in [-0.05, 0) is 0 Å². The molecular weight excluding hydrogens is 620 g/mol. The number of carbonyl (C=O) groups is 4. The average molecular weight is 652 g/mol. The molecule has 1 heterocycles. The second kappa shape index (κ2) is 29.2. The van der Waals surface area contributed by atoms with Crippen molar-refractivity contribution in [3.63, 3.8) is 0 Å². The van der Waals surface area contributed by atoms with E-state index in [1.807, 2.05) is 0 Å². The summed E-state index contributed by atoms with van der Waals surface area (Å²) in [6.07, 6.45) is 0. The molecule has 1 saturated heterocycles. The Kier molecular flexibility index (Phi) is 30.9. The number of hydrogen-bond acceptors (Lipinski definition) is 8. The summed E-state index contributed by atoms with van der Waals surface area (Å²) in [6, 6.07) is 0. The van der Waals surface area contributed by atoms with Gasteiger partial charge in [0.1, 0.15) is 0 Å². The van der Waals surface area contributed by atoms with Gasteiger partial charge >= 0.3 is 90.3 Å². The fraction of sp³-hybridized carbons (Fsp3) is 0.750. The van der Waals surface area contributed by atoms with E-state index in [1.165, 1.54) is 0 Å². The molecule has 4 amide bonds. The third-order valence-electron chi connectivity index (χ3n) is 3.72. The van der Waals surface area contributed by atoms with Gasteiger partial charge < -0.3 is 42.5 Å². The van der Waals surface area contributed by atoms with Gasteiger partial charge in [-0.1, -0.05) is 0 Å². The monoisotopic (exact) mass is 650 g/mol. The fourth-order valence-electron chi connectivity index (χ4n) is 2.23. The number of nitrogens with one attached hydrogen (secondary N) is 8. The first-order chi connectivity index (χ1) is 16.4. The van der Waals surface area contributed by atoms with Gasteiger partial charge in [-0.25, -0.2) is 0 Å². The molecule has 34 heavy (non-hydrogen) atoms. The number of amides is 4. The SMILES string of the molecule is O=C1NCCNCCNCCNC(=O)C(=O)NCCNCCNCCNC1=O.[Cl][Mn][Cl].[Cl][Mn][Cl].